The van der Waals surface area contributed by atoms with Crippen LogP contribution in [0.2, 0.25) is 0 Å². The number of benzene rings is 1. The van der Waals surface area contributed by atoms with Crippen LogP contribution in [-0.4, -0.2) is 52.1 Å². The molecule has 1 atom stereocenters. The number of guanidine groups is 1. The van der Waals surface area contributed by atoms with Crippen molar-refractivity contribution >= 4 is 39.8 Å². The van der Waals surface area contributed by atoms with E-state index in [0.717, 1.165) is 5.75 Å². The Balaban J connectivity index is 0.00000288. The van der Waals surface area contributed by atoms with Crippen LogP contribution in [0.1, 0.15) is 17.5 Å². The maximum absolute atomic E-state index is 11.5. The van der Waals surface area contributed by atoms with Crippen molar-refractivity contribution in [3.05, 3.63) is 29.3 Å². The highest BCUT2D eigenvalue weighted by Gasteiger charge is 2.28. The number of nitrogens with one attached hydrogen (secondary N) is 2. The number of ether oxygens (including phenoxy) is 1. The molecule has 1 saturated heterocycles. The Bertz CT molecular complexity index is 657. The van der Waals surface area contributed by atoms with Crippen LogP contribution < -0.4 is 15.4 Å². The average molecular weight is 467 g/mol. The van der Waals surface area contributed by atoms with Crippen LogP contribution >= 0.6 is 24.0 Å². The number of aliphatic imine (C=N–C) groups is 1. The van der Waals surface area contributed by atoms with Gasteiger partial charge in [-0.1, -0.05) is 6.07 Å². The largest absolute Gasteiger partial charge is 0.492 e. The highest BCUT2D eigenvalue weighted by molar-refractivity contribution is 14.0. The molecule has 0 saturated carbocycles. The van der Waals surface area contributed by atoms with Crippen molar-refractivity contribution in [2.45, 2.75) is 26.3 Å². The molecule has 6 nitrogen and oxygen atoms in total. The molecule has 1 aliphatic rings. The molecule has 0 aliphatic carbocycles. The van der Waals surface area contributed by atoms with Gasteiger partial charge in [0.2, 0.25) is 0 Å². The molecule has 1 aromatic rings. The smallest absolute Gasteiger partial charge is 0.191 e. The van der Waals surface area contributed by atoms with Crippen molar-refractivity contribution in [1.82, 2.24) is 10.6 Å². The van der Waals surface area contributed by atoms with Gasteiger partial charge in [0.15, 0.2) is 15.8 Å². The Morgan fingerprint density at radius 1 is 1.29 bits per heavy atom. The molecule has 0 aromatic heterocycles. The van der Waals surface area contributed by atoms with Crippen molar-refractivity contribution in [3.63, 3.8) is 0 Å². The second kappa shape index (κ2) is 9.45. The van der Waals surface area contributed by atoms with Crippen molar-refractivity contribution in [3.8, 4) is 5.75 Å². The lowest BCUT2D eigenvalue weighted by molar-refractivity contribution is 0.321. The fraction of sp³-hybridized carbons (Fsp3) is 0.562. The second-order valence-corrected chi connectivity index (χ2v) is 8.14. The van der Waals surface area contributed by atoms with Crippen LogP contribution in [-0.2, 0) is 9.84 Å². The van der Waals surface area contributed by atoms with Gasteiger partial charge in [-0.3, -0.25) is 4.99 Å². The Labute approximate surface area is 161 Å². The number of aryl methyl sites for hydroxylation is 2. The zero-order chi connectivity index (χ0) is 16.9. The van der Waals surface area contributed by atoms with E-state index in [1.165, 1.54) is 11.1 Å². The molecule has 2 N–H and O–H groups in total. The summed E-state index contributed by atoms with van der Waals surface area (Å²) in [6.07, 6.45) is 0.627. The minimum absolute atomic E-state index is 0. The number of nitrogens with zero attached hydrogens (tertiary/aromatic N) is 1. The summed E-state index contributed by atoms with van der Waals surface area (Å²) < 4.78 is 28.6. The third-order valence-corrected chi connectivity index (χ3v) is 5.42. The number of sulfone groups is 1. The standard InChI is InChI=1S/C16H25N3O3S.HI/c1-12-8-13(2)10-15(9-12)22-6-5-18-16(17-3)19-14-4-7-23(20,21)11-14;/h8-10,14H,4-7,11H2,1-3H3,(H2,17,18,19);1H. The number of hydrogen-bond donors (Lipinski definition) is 2. The van der Waals surface area contributed by atoms with Gasteiger partial charge in [-0.25, -0.2) is 8.42 Å². The number of hydrogen-bond acceptors (Lipinski definition) is 4. The van der Waals surface area contributed by atoms with E-state index in [4.69, 9.17) is 4.74 Å². The van der Waals surface area contributed by atoms with Crippen molar-refractivity contribution in [1.29, 1.82) is 0 Å². The molecule has 0 radical (unpaired) electrons. The highest BCUT2D eigenvalue weighted by atomic mass is 127. The highest BCUT2D eigenvalue weighted by Crippen LogP contribution is 2.15. The third-order valence-electron chi connectivity index (χ3n) is 3.66. The van der Waals surface area contributed by atoms with Crippen molar-refractivity contribution in [2.24, 2.45) is 4.99 Å². The summed E-state index contributed by atoms with van der Waals surface area (Å²) in [5, 5.41) is 6.28. The van der Waals surface area contributed by atoms with E-state index in [0.29, 0.717) is 25.5 Å². The van der Waals surface area contributed by atoms with E-state index in [1.54, 1.807) is 7.05 Å². The lowest BCUT2D eigenvalue weighted by atomic mass is 10.1. The number of halogens is 1. The fourth-order valence-electron chi connectivity index (χ4n) is 2.65. The Morgan fingerprint density at radius 2 is 1.96 bits per heavy atom. The first-order valence-corrected chi connectivity index (χ1v) is 9.59. The Kier molecular flexibility index (Phi) is 8.28. The first-order chi connectivity index (χ1) is 10.9. The van der Waals surface area contributed by atoms with Gasteiger partial charge < -0.3 is 15.4 Å². The van der Waals surface area contributed by atoms with Crippen molar-refractivity contribution < 1.29 is 13.2 Å². The monoisotopic (exact) mass is 467 g/mol. The van der Waals surface area contributed by atoms with Gasteiger partial charge in [0.1, 0.15) is 12.4 Å². The summed E-state index contributed by atoms with van der Waals surface area (Å²) in [6.45, 7) is 5.18. The first-order valence-electron chi connectivity index (χ1n) is 7.77. The second-order valence-electron chi connectivity index (χ2n) is 5.92. The molecule has 136 valence electrons. The summed E-state index contributed by atoms with van der Waals surface area (Å²) in [4.78, 5) is 4.12. The maximum Gasteiger partial charge on any atom is 0.191 e. The summed E-state index contributed by atoms with van der Waals surface area (Å²) in [6, 6.07) is 6.05. The van der Waals surface area contributed by atoms with Crippen LogP contribution in [0.15, 0.2) is 23.2 Å². The summed E-state index contributed by atoms with van der Waals surface area (Å²) in [5.41, 5.74) is 2.35. The van der Waals surface area contributed by atoms with Crippen LogP contribution in [0.4, 0.5) is 0 Å². The van der Waals surface area contributed by atoms with Crippen LogP contribution in [0.25, 0.3) is 0 Å². The number of rotatable bonds is 5. The average Bonchev–Trinajstić information content (AvgIpc) is 2.80. The van der Waals surface area contributed by atoms with Crippen LogP contribution in [0.5, 0.6) is 5.75 Å². The lowest BCUT2D eigenvalue weighted by Gasteiger charge is -2.16. The van der Waals surface area contributed by atoms with E-state index in [9.17, 15) is 8.42 Å². The summed E-state index contributed by atoms with van der Waals surface area (Å²) >= 11 is 0. The van der Waals surface area contributed by atoms with E-state index in [2.05, 4.69) is 21.7 Å². The molecule has 2 rings (SSSR count). The lowest BCUT2D eigenvalue weighted by Crippen LogP contribution is -2.45. The SMILES string of the molecule is CN=C(NCCOc1cc(C)cc(C)c1)NC1CCS(=O)(=O)C1.I. The molecule has 1 aromatic carbocycles. The zero-order valence-electron chi connectivity index (χ0n) is 14.3. The molecule has 0 spiro atoms. The van der Waals surface area contributed by atoms with E-state index >= 15 is 0 Å². The predicted octanol–water partition coefficient (Wildman–Crippen LogP) is 1.65. The molecule has 1 aliphatic heterocycles. The van der Waals surface area contributed by atoms with Gasteiger partial charge in [0.05, 0.1) is 18.1 Å². The van der Waals surface area contributed by atoms with Crippen molar-refractivity contribution in [2.75, 3.05) is 31.7 Å². The Hall–Kier alpha value is -1.03. The molecule has 1 unspecified atom stereocenters. The van der Waals surface area contributed by atoms with Gasteiger partial charge in [-0.2, -0.15) is 0 Å². The Morgan fingerprint density at radius 3 is 2.50 bits per heavy atom. The minimum Gasteiger partial charge on any atom is -0.492 e. The van der Waals surface area contributed by atoms with Crippen LogP contribution in [0.3, 0.4) is 0 Å². The topological polar surface area (TPSA) is 79.8 Å². The molecule has 0 amide bonds. The predicted molar refractivity (Wildman–Crippen MR) is 108 cm³/mol. The molecule has 24 heavy (non-hydrogen) atoms. The molecule has 1 heterocycles. The quantitative estimate of drug-likeness (QED) is 0.298. The van der Waals surface area contributed by atoms with Crippen LogP contribution in [0, 0.1) is 13.8 Å². The molecule has 8 heteroatoms. The summed E-state index contributed by atoms with van der Waals surface area (Å²) in [5.74, 6) is 1.88. The van der Waals surface area contributed by atoms with Gasteiger partial charge in [-0.05, 0) is 43.5 Å². The fourth-order valence-corrected chi connectivity index (χ4v) is 4.32. The van der Waals surface area contributed by atoms with Gasteiger partial charge >= 0.3 is 0 Å². The van der Waals surface area contributed by atoms with E-state index < -0.39 is 9.84 Å². The normalized spacial score (nSPS) is 19.5. The summed E-state index contributed by atoms with van der Waals surface area (Å²) in [7, 11) is -1.22. The first kappa shape index (κ1) is 21.0. The van der Waals surface area contributed by atoms with Gasteiger partial charge in [0, 0.05) is 13.1 Å². The zero-order valence-corrected chi connectivity index (χ0v) is 17.5. The van der Waals surface area contributed by atoms with E-state index in [1.807, 2.05) is 26.0 Å². The van der Waals surface area contributed by atoms with Gasteiger partial charge in [0.25, 0.3) is 0 Å². The minimum atomic E-state index is -2.89. The van der Waals surface area contributed by atoms with Gasteiger partial charge in [-0.15, -0.1) is 24.0 Å². The molecule has 1 fully saturated rings. The molecule has 0 bridgehead atoms. The molecular formula is C16H26IN3O3S. The molecular weight excluding hydrogens is 441 g/mol. The third kappa shape index (κ3) is 6.84. The van der Waals surface area contributed by atoms with E-state index in [-0.39, 0.29) is 41.5 Å². The maximum atomic E-state index is 11.5.